The maximum atomic E-state index is 13.0. The Kier molecular flexibility index (Phi) is 6.68. The van der Waals surface area contributed by atoms with Gasteiger partial charge in [0.05, 0.1) is 14.9 Å². The second-order valence-corrected chi connectivity index (χ2v) is 9.32. The van der Waals surface area contributed by atoms with Gasteiger partial charge in [-0.05, 0) is 53.6 Å². The lowest BCUT2D eigenvalue weighted by molar-refractivity contribution is -0.107. The minimum Gasteiger partial charge on any atom is -0.369 e. The molecule has 0 amide bonds. The van der Waals surface area contributed by atoms with Gasteiger partial charge in [-0.1, -0.05) is 41.4 Å². The number of hydrogen-bond acceptors (Lipinski definition) is 4. The number of allylic oxidation sites excluding steroid dienone is 1. The van der Waals surface area contributed by atoms with E-state index in [9.17, 15) is 13.2 Å². The molecule has 5 nitrogen and oxygen atoms in total. The molecule has 1 heterocycles. The van der Waals surface area contributed by atoms with Crippen LogP contribution in [0.15, 0.2) is 53.4 Å². The van der Waals surface area contributed by atoms with Crippen molar-refractivity contribution >= 4 is 61.8 Å². The van der Waals surface area contributed by atoms with Gasteiger partial charge >= 0.3 is 0 Å². The van der Waals surface area contributed by atoms with Gasteiger partial charge in [0.15, 0.2) is 0 Å². The van der Waals surface area contributed by atoms with Crippen LogP contribution in [-0.2, 0) is 14.8 Å². The molecule has 28 heavy (non-hydrogen) atoms. The van der Waals surface area contributed by atoms with Gasteiger partial charge in [-0.25, -0.2) is 8.42 Å². The average molecular weight is 460 g/mol. The lowest BCUT2D eigenvalue weighted by atomic mass is 10.2. The highest BCUT2D eigenvalue weighted by Gasteiger charge is 2.28. The molecular formula is C19H17Cl3N2O3S. The zero-order chi connectivity index (χ0) is 20.3. The van der Waals surface area contributed by atoms with Crippen molar-refractivity contribution in [3.63, 3.8) is 0 Å². The van der Waals surface area contributed by atoms with Gasteiger partial charge in [-0.15, -0.1) is 0 Å². The number of benzene rings is 2. The first-order valence-corrected chi connectivity index (χ1v) is 11.0. The van der Waals surface area contributed by atoms with E-state index in [0.717, 1.165) is 5.69 Å². The average Bonchev–Trinajstić information content (AvgIpc) is 2.69. The van der Waals surface area contributed by atoms with Crippen LogP contribution in [0.4, 0.5) is 5.69 Å². The number of rotatable bonds is 5. The molecule has 148 valence electrons. The third kappa shape index (κ3) is 4.88. The monoisotopic (exact) mass is 458 g/mol. The van der Waals surface area contributed by atoms with Gasteiger partial charge in [-0.3, -0.25) is 4.79 Å². The largest absolute Gasteiger partial charge is 0.369 e. The van der Waals surface area contributed by atoms with E-state index in [1.807, 2.05) is 6.07 Å². The van der Waals surface area contributed by atoms with Crippen molar-refractivity contribution in [2.45, 2.75) is 4.90 Å². The molecule has 0 bridgehead atoms. The first kappa shape index (κ1) is 21.1. The molecule has 0 spiro atoms. The normalized spacial score (nSPS) is 15.9. The first-order chi connectivity index (χ1) is 13.3. The zero-order valence-electron chi connectivity index (χ0n) is 14.7. The van der Waals surface area contributed by atoms with Crippen LogP contribution in [0.5, 0.6) is 0 Å². The Morgan fingerprint density at radius 3 is 2.32 bits per heavy atom. The topological polar surface area (TPSA) is 57.7 Å². The molecule has 0 N–H and O–H groups in total. The number of sulfonamides is 1. The van der Waals surface area contributed by atoms with Crippen LogP contribution >= 0.6 is 34.8 Å². The van der Waals surface area contributed by atoms with E-state index in [-0.39, 0.29) is 4.90 Å². The van der Waals surface area contributed by atoms with Gasteiger partial charge in [0.1, 0.15) is 0 Å². The van der Waals surface area contributed by atoms with Crippen LogP contribution in [-0.4, -0.2) is 44.1 Å². The molecule has 0 unspecified atom stereocenters. The minimum absolute atomic E-state index is 0.180. The van der Waals surface area contributed by atoms with Gasteiger partial charge in [0.25, 0.3) is 0 Å². The summed E-state index contributed by atoms with van der Waals surface area (Å²) in [6.07, 6.45) is 2.67. The number of carbonyl (C=O) groups excluding carboxylic acids is 1. The molecule has 1 fully saturated rings. The lowest BCUT2D eigenvalue weighted by Crippen LogP contribution is -2.48. The third-order valence-electron chi connectivity index (χ3n) is 4.41. The molecule has 1 saturated heterocycles. The molecule has 9 heteroatoms. The van der Waals surface area contributed by atoms with Crippen LogP contribution in [0.1, 0.15) is 5.56 Å². The highest BCUT2D eigenvalue weighted by molar-refractivity contribution is 7.89. The molecule has 2 aromatic rings. The van der Waals surface area contributed by atoms with Crippen LogP contribution in [0.3, 0.4) is 0 Å². The molecule has 0 aromatic heterocycles. The number of anilines is 1. The van der Waals surface area contributed by atoms with Crippen molar-refractivity contribution in [2.24, 2.45) is 0 Å². The zero-order valence-corrected chi connectivity index (χ0v) is 17.8. The summed E-state index contributed by atoms with van der Waals surface area (Å²) in [6.45, 7) is 1.78. The maximum absolute atomic E-state index is 13.0. The van der Waals surface area contributed by atoms with Crippen molar-refractivity contribution in [1.29, 1.82) is 0 Å². The predicted molar refractivity (Wildman–Crippen MR) is 114 cm³/mol. The summed E-state index contributed by atoms with van der Waals surface area (Å²) in [4.78, 5) is 13.1. The van der Waals surface area contributed by atoms with Crippen molar-refractivity contribution in [3.8, 4) is 0 Å². The molecule has 0 atom stereocenters. The second kappa shape index (κ2) is 8.84. The molecule has 1 aliphatic rings. The van der Waals surface area contributed by atoms with Crippen molar-refractivity contribution in [2.75, 3.05) is 31.1 Å². The van der Waals surface area contributed by atoms with Crippen molar-refractivity contribution in [1.82, 2.24) is 4.31 Å². The number of nitrogens with zero attached hydrogens (tertiary/aromatic N) is 2. The summed E-state index contributed by atoms with van der Waals surface area (Å²) in [5.74, 6) is 0. The van der Waals surface area contributed by atoms with Crippen LogP contribution in [0, 0.1) is 0 Å². The van der Waals surface area contributed by atoms with E-state index in [4.69, 9.17) is 34.8 Å². The highest BCUT2D eigenvalue weighted by atomic mass is 35.5. The van der Waals surface area contributed by atoms with E-state index in [1.54, 1.807) is 30.3 Å². The fourth-order valence-electron chi connectivity index (χ4n) is 2.96. The third-order valence-corrected chi connectivity index (χ3v) is 7.17. The summed E-state index contributed by atoms with van der Waals surface area (Å²) in [6, 6.07) is 11.8. The number of hydrogen-bond donors (Lipinski definition) is 0. The van der Waals surface area contributed by atoms with E-state index in [2.05, 4.69) is 4.90 Å². The summed E-state index contributed by atoms with van der Waals surface area (Å²) < 4.78 is 27.4. The van der Waals surface area contributed by atoms with Crippen molar-refractivity contribution in [3.05, 3.63) is 64.1 Å². The van der Waals surface area contributed by atoms with Gasteiger partial charge < -0.3 is 4.90 Å². The highest BCUT2D eigenvalue weighted by Crippen LogP contribution is 2.28. The van der Waals surface area contributed by atoms with Crippen LogP contribution < -0.4 is 4.90 Å². The Hall–Kier alpha value is -1.57. The summed E-state index contributed by atoms with van der Waals surface area (Å²) in [5.41, 5.74) is 1.49. The first-order valence-electron chi connectivity index (χ1n) is 8.45. The van der Waals surface area contributed by atoms with E-state index in [0.29, 0.717) is 41.8 Å². The molecule has 1 aliphatic heterocycles. The molecule has 0 saturated carbocycles. The van der Waals surface area contributed by atoms with E-state index in [1.165, 1.54) is 22.5 Å². The Balaban J connectivity index is 1.73. The van der Waals surface area contributed by atoms with Crippen LogP contribution in [0.25, 0.3) is 6.08 Å². The SMILES string of the molecule is O=C(Cl)/C=C/c1cccc(S(=O)(=O)N2CCN(c3ccc(Cl)c(Cl)c3)CC2)c1. The lowest BCUT2D eigenvalue weighted by Gasteiger charge is -2.35. The molecule has 2 aromatic carbocycles. The summed E-state index contributed by atoms with van der Waals surface area (Å²) in [7, 11) is -3.64. The molecule has 0 aliphatic carbocycles. The van der Waals surface area contributed by atoms with Crippen molar-refractivity contribution < 1.29 is 13.2 Å². The summed E-state index contributed by atoms with van der Waals surface area (Å²) >= 11 is 17.3. The molecule has 0 radical (unpaired) electrons. The minimum atomic E-state index is -3.64. The standard InChI is InChI=1S/C19H17Cl3N2O3S/c20-17-6-5-15(13-18(17)21)23-8-10-24(11-9-23)28(26,27)16-3-1-2-14(12-16)4-7-19(22)25/h1-7,12-13H,8-11H2/b7-4+. The van der Waals surface area contributed by atoms with Gasteiger partial charge in [0, 0.05) is 31.9 Å². The fourth-order valence-corrected chi connectivity index (χ4v) is 4.79. The maximum Gasteiger partial charge on any atom is 0.245 e. The molecule has 3 rings (SSSR count). The van der Waals surface area contributed by atoms with Gasteiger partial charge in [0.2, 0.25) is 15.3 Å². The predicted octanol–water partition coefficient (Wildman–Crippen LogP) is 4.28. The fraction of sp³-hybridized carbons (Fsp3) is 0.211. The number of piperazine rings is 1. The Bertz CT molecular complexity index is 1020. The van der Waals surface area contributed by atoms with Gasteiger partial charge in [-0.2, -0.15) is 4.31 Å². The summed E-state index contributed by atoms with van der Waals surface area (Å²) in [5, 5.41) is 0.331. The Morgan fingerprint density at radius 1 is 0.964 bits per heavy atom. The van der Waals surface area contributed by atoms with E-state index < -0.39 is 15.3 Å². The Labute approximate surface area is 179 Å². The number of carbonyl (C=O) groups is 1. The second-order valence-electron chi connectivity index (χ2n) is 6.20. The molecular weight excluding hydrogens is 443 g/mol. The smallest absolute Gasteiger partial charge is 0.245 e. The Morgan fingerprint density at radius 2 is 1.68 bits per heavy atom. The quantitative estimate of drug-likeness (QED) is 0.494. The van der Waals surface area contributed by atoms with Crippen LogP contribution in [0.2, 0.25) is 10.0 Å². The number of halogens is 3. The van der Waals surface area contributed by atoms with E-state index >= 15 is 0 Å².